The van der Waals surface area contributed by atoms with Crippen molar-refractivity contribution >= 4 is 0 Å². The van der Waals surface area contributed by atoms with Crippen molar-refractivity contribution in [1.82, 2.24) is 15.5 Å². The summed E-state index contributed by atoms with van der Waals surface area (Å²) in [6.45, 7) is 13.5. The molecule has 0 spiro atoms. The van der Waals surface area contributed by atoms with Crippen LogP contribution in [0, 0.1) is 0 Å². The quantitative estimate of drug-likeness (QED) is 0.787. The summed E-state index contributed by atoms with van der Waals surface area (Å²) >= 11 is 0. The van der Waals surface area contributed by atoms with Crippen LogP contribution in [0.15, 0.2) is 24.3 Å². The first-order chi connectivity index (χ1) is 8.37. The molecule has 0 aliphatic carbocycles. The second-order valence-corrected chi connectivity index (χ2v) is 5.52. The van der Waals surface area contributed by atoms with E-state index in [4.69, 9.17) is 4.74 Å². The van der Waals surface area contributed by atoms with Crippen LogP contribution in [0.2, 0.25) is 0 Å². The molecule has 1 rings (SSSR count). The Hall–Kier alpha value is -1.42. The molecule has 0 radical (unpaired) electrons. The van der Waals surface area contributed by atoms with Crippen LogP contribution >= 0.6 is 0 Å². The predicted molar refractivity (Wildman–Crippen MR) is 73.6 cm³/mol. The summed E-state index contributed by atoms with van der Waals surface area (Å²) in [5.74, 6) is 0.566. The SMILES string of the molecule is C=C(C)CCOc1ccc(CNC(C)(C)C)nn1. The molecule has 0 aromatic carbocycles. The molecule has 0 aliphatic rings. The van der Waals surface area contributed by atoms with E-state index in [1.165, 1.54) is 0 Å². The van der Waals surface area contributed by atoms with Crippen molar-refractivity contribution in [3.63, 3.8) is 0 Å². The number of nitrogens with one attached hydrogen (secondary N) is 1. The molecule has 0 atom stereocenters. The molecule has 4 nitrogen and oxygen atoms in total. The van der Waals surface area contributed by atoms with Crippen molar-refractivity contribution in [3.05, 3.63) is 30.0 Å². The molecule has 1 aromatic heterocycles. The van der Waals surface area contributed by atoms with E-state index >= 15 is 0 Å². The van der Waals surface area contributed by atoms with Crippen LogP contribution in [-0.2, 0) is 6.54 Å². The lowest BCUT2D eigenvalue weighted by atomic mass is 10.1. The van der Waals surface area contributed by atoms with E-state index in [1.54, 1.807) is 0 Å². The van der Waals surface area contributed by atoms with Crippen LogP contribution < -0.4 is 10.1 Å². The van der Waals surface area contributed by atoms with E-state index in [2.05, 4.69) is 42.9 Å². The average molecular weight is 249 g/mol. The van der Waals surface area contributed by atoms with Crippen LogP contribution in [0.1, 0.15) is 39.8 Å². The molecule has 0 saturated carbocycles. The number of nitrogens with zero attached hydrogens (tertiary/aromatic N) is 2. The van der Waals surface area contributed by atoms with Gasteiger partial charge in [-0.15, -0.1) is 11.7 Å². The Morgan fingerprint density at radius 2 is 2.06 bits per heavy atom. The number of hydrogen-bond acceptors (Lipinski definition) is 4. The zero-order valence-electron chi connectivity index (χ0n) is 11.8. The van der Waals surface area contributed by atoms with Gasteiger partial charge in [-0.2, -0.15) is 5.10 Å². The predicted octanol–water partition coefficient (Wildman–Crippen LogP) is 2.71. The van der Waals surface area contributed by atoms with Crippen LogP contribution in [0.3, 0.4) is 0 Å². The van der Waals surface area contributed by atoms with Gasteiger partial charge in [-0.3, -0.25) is 0 Å². The van der Waals surface area contributed by atoms with E-state index in [0.717, 1.165) is 17.7 Å². The number of rotatable bonds is 6. The molecule has 0 amide bonds. The Balaban J connectivity index is 2.40. The smallest absolute Gasteiger partial charge is 0.233 e. The molecule has 0 bridgehead atoms. The first-order valence-corrected chi connectivity index (χ1v) is 6.21. The number of aromatic nitrogens is 2. The Morgan fingerprint density at radius 1 is 1.33 bits per heavy atom. The molecule has 0 fully saturated rings. The van der Waals surface area contributed by atoms with Crippen LogP contribution in [0.4, 0.5) is 0 Å². The minimum absolute atomic E-state index is 0.0817. The Kier molecular flexibility index (Phi) is 5.28. The Bertz CT molecular complexity index is 379. The molecule has 0 aliphatic heterocycles. The summed E-state index contributed by atoms with van der Waals surface area (Å²) in [6.07, 6.45) is 0.842. The summed E-state index contributed by atoms with van der Waals surface area (Å²) < 4.78 is 5.46. The molecular formula is C14H23N3O. The highest BCUT2D eigenvalue weighted by Gasteiger charge is 2.09. The third kappa shape index (κ3) is 6.35. The second-order valence-electron chi connectivity index (χ2n) is 5.52. The molecule has 1 N–H and O–H groups in total. The monoisotopic (exact) mass is 249 g/mol. The van der Waals surface area contributed by atoms with Crippen molar-refractivity contribution in [2.24, 2.45) is 0 Å². The number of ether oxygens (including phenoxy) is 1. The summed E-state index contributed by atoms with van der Waals surface area (Å²) in [5, 5.41) is 11.5. The van der Waals surface area contributed by atoms with E-state index < -0.39 is 0 Å². The molecule has 100 valence electrons. The molecule has 18 heavy (non-hydrogen) atoms. The summed E-state index contributed by atoms with van der Waals surface area (Å²) in [6, 6.07) is 3.78. The van der Waals surface area contributed by atoms with Crippen molar-refractivity contribution in [1.29, 1.82) is 0 Å². The van der Waals surface area contributed by atoms with Crippen molar-refractivity contribution in [3.8, 4) is 5.88 Å². The Labute approximate surface area is 109 Å². The standard InChI is InChI=1S/C14H23N3O/c1-11(2)8-9-18-13-7-6-12(16-17-13)10-15-14(3,4)5/h6-7,15H,1,8-10H2,2-5H3. The van der Waals surface area contributed by atoms with Gasteiger partial charge in [0.05, 0.1) is 12.3 Å². The van der Waals surface area contributed by atoms with Crippen molar-refractivity contribution < 1.29 is 4.74 Å². The van der Waals surface area contributed by atoms with Gasteiger partial charge >= 0.3 is 0 Å². The van der Waals surface area contributed by atoms with Gasteiger partial charge in [-0.25, -0.2) is 0 Å². The highest BCUT2D eigenvalue weighted by molar-refractivity contribution is 5.11. The van der Waals surface area contributed by atoms with Crippen LogP contribution in [0.5, 0.6) is 5.88 Å². The van der Waals surface area contributed by atoms with E-state index in [9.17, 15) is 0 Å². The molecule has 1 heterocycles. The molecule has 0 saturated heterocycles. The fourth-order valence-corrected chi connectivity index (χ4v) is 1.20. The summed E-state index contributed by atoms with van der Waals surface area (Å²) in [5.41, 5.74) is 2.10. The van der Waals surface area contributed by atoms with Gasteiger partial charge in [0.2, 0.25) is 5.88 Å². The normalized spacial score (nSPS) is 11.3. The van der Waals surface area contributed by atoms with Gasteiger partial charge in [0, 0.05) is 24.6 Å². The van der Waals surface area contributed by atoms with Crippen molar-refractivity contribution in [2.45, 2.75) is 46.2 Å². The molecular weight excluding hydrogens is 226 g/mol. The van der Waals surface area contributed by atoms with E-state index in [0.29, 0.717) is 19.0 Å². The van der Waals surface area contributed by atoms with E-state index in [1.807, 2.05) is 19.1 Å². The van der Waals surface area contributed by atoms with Crippen LogP contribution in [0.25, 0.3) is 0 Å². The maximum Gasteiger partial charge on any atom is 0.233 e. The highest BCUT2D eigenvalue weighted by Crippen LogP contribution is 2.07. The minimum Gasteiger partial charge on any atom is -0.476 e. The van der Waals surface area contributed by atoms with E-state index in [-0.39, 0.29) is 5.54 Å². The lowest BCUT2D eigenvalue weighted by Crippen LogP contribution is -2.35. The maximum absolute atomic E-state index is 5.46. The first kappa shape index (κ1) is 14.6. The zero-order valence-corrected chi connectivity index (χ0v) is 11.8. The summed E-state index contributed by atoms with van der Waals surface area (Å²) in [4.78, 5) is 0. The summed E-state index contributed by atoms with van der Waals surface area (Å²) in [7, 11) is 0. The molecule has 0 unspecified atom stereocenters. The van der Waals surface area contributed by atoms with Gasteiger partial charge in [-0.1, -0.05) is 5.57 Å². The maximum atomic E-state index is 5.46. The molecule has 4 heteroatoms. The van der Waals surface area contributed by atoms with Gasteiger partial charge < -0.3 is 10.1 Å². The van der Waals surface area contributed by atoms with Gasteiger partial charge in [0.25, 0.3) is 0 Å². The van der Waals surface area contributed by atoms with Gasteiger partial charge in [-0.05, 0) is 33.8 Å². The van der Waals surface area contributed by atoms with Crippen LogP contribution in [-0.4, -0.2) is 22.3 Å². The fraction of sp³-hybridized carbons (Fsp3) is 0.571. The molecule has 1 aromatic rings. The first-order valence-electron chi connectivity index (χ1n) is 6.21. The lowest BCUT2D eigenvalue weighted by molar-refractivity contribution is 0.304. The van der Waals surface area contributed by atoms with Crippen molar-refractivity contribution in [2.75, 3.05) is 6.61 Å². The Morgan fingerprint density at radius 3 is 2.56 bits per heavy atom. The highest BCUT2D eigenvalue weighted by atomic mass is 16.5. The fourth-order valence-electron chi connectivity index (χ4n) is 1.20. The average Bonchev–Trinajstić information content (AvgIpc) is 2.26. The topological polar surface area (TPSA) is 47.0 Å². The number of hydrogen-bond donors (Lipinski definition) is 1. The third-order valence-electron chi connectivity index (χ3n) is 2.27. The lowest BCUT2D eigenvalue weighted by Gasteiger charge is -2.19. The van der Waals surface area contributed by atoms with Gasteiger partial charge in [0.15, 0.2) is 0 Å². The largest absolute Gasteiger partial charge is 0.476 e. The second kappa shape index (κ2) is 6.50. The minimum atomic E-state index is 0.0817. The zero-order chi connectivity index (χ0) is 13.6. The third-order valence-corrected chi connectivity index (χ3v) is 2.27. The van der Waals surface area contributed by atoms with Gasteiger partial charge in [0.1, 0.15) is 0 Å².